The number of rotatable bonds is 5. The van der Waals surface area contributed by atoms with E-state index in [9.17, 15) is 9.59 Å². The van der Waals surface area contributed by atoms with E-state index in [4.69, 9.17) is 5.11 Å². The molecular formula is C15H26N2O3. The second kappa shape index (κ2) is 7.07. The van der Waals surface area contributed by atoms with Gasteiger partial charge in [0.2, 0.25) is 5.91 Å². The number of fused-ring (bicyclic) bond motifs is 1. The lowest BCUT2D eigenvalue weighted by molar-refractivity contribution is -0.142. The zero-order chi connectivity index (χ0) is 14.5. The highest BCUT2D eigenvalue weighted by Crippen LogP contribution is 2.32. The standard InChI is InChI=1S/C15H26N2O3/c1-2-5-13(15(19)20)17-14(18)12-9-8-10-6-3-4-7-11(10)16-12/h10-13,16H,2-9H2,1H3,(H,17,18)(H,19,20)/t10?,11?,12?,13-/m1/s1. The highest BCUT2D eigenvalue weighted by molar-refractivity contribution is 5.87. The number of carbonyl (C=O) groups is 2. The van der Waals surface area contributed by atoms with E-state index in [0.717, 1.165) is 25.7 Å². The Morgan fingerprint density at radius 3 is 2.70 bits per heavy atom. The molecule has 1 aliphatic carbocycles. The van der Waals surface area contributed by atoms with Crippen molar-refractivity contribution < 1.29 is 14.7 Å². The van der Waals surface area contributed by atoms with Gasteiger partial charge in [-0.05, 0) is 38.0 Å². The maximum atomic E-state index is 12.2. The highest BCUT2D eigenvalue weighted by Gasteiger charge is 2.35. The van der Waals surface area contributed by atoms with E-state index in [1.54, 1.807) is 0 Å². The fourth-order valence-corrected chi connectivity index (χ4v) is 3.52. The zero-order valence-corrected chi connectivity index (χ0v) is 12.2. The maximum absolute atomic E-state index is 12.2. The molecule has 0 aromatic carbocycles. The van der Waals surface area contributed by atoms with Gasteiger partial charge in [0.05, 0.1) is 6.04 Å². The quantitative estimate of drug-likeness (QED) is 0.716. The van der Waals surface area contributed by atoms with Crippen molar-refractivity contribution in [2.75, 3.05) is 0 Å². The summed E-state index contributed by atoms with van der Waals surface area (Å²) in [7, 11) is 0. The van der Waals surface area contributed by atoms with E-state index in [2.05, 4.69) is 10.6 Å². The normalized spacial score (nSPS) is 31.1. The van der Waals surface area contributed by atoms with Gasteiger partial charge in [-0.25, -0.2) is 4.79 Å². The van der Waals surface area contributed by atoms with Gasteiger partial charge >= 0.3 is 5.97 Å². The molecule has 1 saturated carbocycles. The van der Waals surface area contributed by atoms with Crippen molar-refractivity contribution in [2.24, 2.45) is 5.92 Å². The Bertz CT molecular complexity index is 359. The fraction of sp³-hybridized carbons (Fsp3) is 0.867. The minimum atomic E-state index is -0.938. The van der Waals surface area contributed by atoms with Gasteiger partial charge in [-0.3, -0.25) is 4.79 Å². The van der Waals surface area contributed by atoms with E-state index >= 15 is 0 Å². The molecule has 0 bridgehead atoms. The van der Waals surface area contributed by atoms with Crippen molar-refractivity contribution in [3.63, 3.8) is 0 Å². The zero-order valence-electron chi connectivity index (χ0n) is 12.2. The summed E-state index contributed by atoms with van der Waals surface area (Å²) in [5, 5.41) is 15.2. The van der Waals surface area contributed by atoms with Crippen molar-refractivity contribution >= 4 is 11.9 Å². The Hall–Kier alpha value is -1.10. The van der Waals surface area contributed by atoms with Crippen LogP contribution in [0.4, 0.5) is 0 Å². The Morgan fingerprint density at radius 1 is 1.25 bits per heavy atom. The van der Waals surface area contributed by atoms with Crippen molar-refractivity contribution in [2.45, 2.75) is 76.4 Å². The molecule has 0 spiro atoms. The molecule has 2 rings (SSSR count). The first-order chi connectivity index (χ1) is 9.61. The molecule has 20 heavy (non-hydrogen) atoms. The second-order valence-electron chi connectivity index (χ2n) is 6.14. The molecular weight excluding hydrogens is 256 g/mol. The molecule has 3 unspecified atom stereocenters. The van der Waals surface area contributed by atoms with E-state index in [1.165, 1.54) is 19.3 Å². The summed E-state index contributed by atoms with van der Waals surface area (Å²) in [6, 6.07) is -0.519. The van der Waals surface area contributed by atoms with Crippen LogP contribution in [-0.4, -0.2) is 35.1 Å². The third-order valence-electron chi connectivity index (χ3n) is 4.66. The lowest BCUT2D eigenvalue weighted by Crippen LogP contribution is -2.57. The third kappa shape index (κ3) is 3.72. The molecule has 5 nitrogen and oxygen atoms in total. The van der Waals surface area contributed by atoms with E-state index in [0.29, 0.717) is 18.4 Å². The lowest BCUT2D eigenvalue weighted by Gasteiger charge is -2.40. The molecule has 1 heterocycles. The van der Waals surface area contributed by atoms with Gasteiger partial charge < -0.3 is 15.7 Å². The average Bonchev–Trinajstić information content (AvgIpc) is 2.46. The number of aliphatic carboxylic acids is 1. The fourth-order valence-electron chi connectivity index (χ4n) is 3.52. The van der Waals surface area contributed by atoms with Crippen LogP contribution in [0.2, 0.25) is 0 Å². The summed E-state index contributed by atoms with van der Waals surface area (Å²) in [5.74, 6) is -0.375. The minimum Gasteiger partial charge on any atom is -0.480 e. The number of amides is 1. The molecule has 114 valence electrons. The van der Waals surface area contributed by atoms with Gasteiger partial charge in [-0.1, -0.05) is 26.2 Å². The maximum Gasteiger partial charge on any atom is 0.326 e. The first kappa shape index (κ1) is 15.3. The number of carboxylic acid groups (broad SMARTS) is 1. The largest absolute Gasteiger partial charge is 0.480 e. The van der Waals surface area contributed by atoms with Gasteiger partial charge in [-0.2, -0.15) is 0 Å². The second-order valence-corrected chi connectivity index (χ2v) is 6.14. The average molecular weight is 282 g/mol. The first-order valence-corrected chi connectivity index (χ1v) is 7.91. The minimum absolute atomic E-state index is 0.144. The van der Waals surface area contributed by atoms with Crippen LogP contribution >= 0.6 is 0 Å². The molecule has 1 saturated heterocycles. The number of carbonyl (C=O) groups excluding carboxylic acids is 1. The van der Waals surface area contributed by atoms with Crippen LogP contribution in [0.25, 0.3) is 0 Å². The van der Waals surface area contributed by atoms with Gasteiger partial charge in [0, 0.05) is 6.04 Å². The van der Waals surface area contributed by atoms with Gasteiger partial charge in [0.25, 0.3) is 0 Å². The smallest absolute Gasteiger partial charge is 0.326 e. The molecule has 2 fully saturated rings. The third-order valence-corrected chi connectivity index (χ3v) is 4.66. The lowest BCUT2D eigenvalue weighted by atomic mass is 9.77. The van der Waals surface area contributed by atoms with Gasteiger partial charge in [0.1, 0.15) is 6.04 Å². The SMILES string of the molecule is CCC[C@@H](NC(=O)C1CCC2CCCCC2N1)C(=O)O. The van der Waals surface area contributed by atoms with Crippen LogP contribution in [-0.2, 0) is 9.59 Å². The summed E-state index contributed by atoms with van der Waals surface area (Å²) < 4.78 is 0. The monoisotopic (exact) mass is 282 g/mol. The van der Waals surface area contributed by atoms with E-state index in [-0.39, 0.29) is 11.9 Å². The predicted molar refractivity (Wildman–Crippen MR) is 76.4 cm³/mol. The molecule has 0 aromatic rings. The van der Waals surface area contributed by atoms with Crippen LogP contribution < -0.4 is 10.6 Å². The van der Waals surface area contributed by atoms with Gasteiger partial charge in [-0.15, -0.1) is 0 Å². The molecule has 4 atom stereocenters. The first-order valence-electron chi connectivity index (χ1n) is 7.91. The topological polar surface area (TPSA) is 78.4 Å². The summed E-state index contributed by atoms with van der Waals surface area (Å²) in [5.41, 5.74) is 0. The number of hydrogen-bond donors (Lipinski definition) is 3. The molecule has 2 aliphatic rings. The van der Waals surface area contributed by atoms with Crippen LogP contribution in [0, 0.1) is 5.92 Å². The highest BCUT2D eigenvalue weighted by atomic mass is 16.4. The molecule has 0 radical (unpaired) electrons. The predicted octanol–water partition coefficient (Wildman–Crippen LogP) is 1.67. The number of piperidine rings is 1. The Balaban J connectivity index is 1.87. The van der Waals surface area contributed by atoms with Gasteiger partial charge in [0.15, 0.2) is 0 Å². The number of carboxylic acids is 1. The Labute approximate surface area is 120 Å². The number of hydrogen-bond acceptors (Lipinski definition) is 3. The summed E-state index contributed by atoms with van der Waals surface area (Å²) >= 11 is 0. The van der Waals surface area contributed by atoms with E-state index < -0.39 is 12.0 Å². The van der Waals surface area contributed by atoms with Crippen molar-refractivity contribution in [1.29, 1.82) is 0 Å². The van der Waals surface area contributed by atoms with Crippen LogP contribution in [0.3, 0.4) is 0 Å². The molecule has 5 heteroatoms. The van der Waals surface area contributed by atoms with E-state index in [1.807, 2.05) is 6.92 Å². The van der Waals surface area contributed by atoms with Crippen molar-refractivity contribution in [3.05, 3.63) is 0 Å². The Morgan fingerprint density at radius 2 is 2.00 bits per heavy atom. The van der Waals surface area contributed by atoms with Crippen LogP contribution in [0.5, 0.6) is 0 Å². The number of nitrogens with one attached hydrogen (secondary N) is 2. The van der Waals surface area contributed by atoms with Crippen LogP contribution in [0.1, 0.15) is 58.3 Å². The van der Waals surface area contributed by atoms with Crippen molar-refractivity contribution in [1.82, 2.24) is 10.6 Å². The molecule has 1 amide bonds. The summed E-state index contributed by atoms with van der Waals surface area (Å²) in [4.78, 5) is 23.3. The molecule has 3 N–H and O–H groups in total. The van der Waals surface area contributed by atoms with Crippen molar-refractivity contribution in [3.8, 4) is 0 Å². The Kier molecular flexibility index (Phi) is 5.40. The summed E-state index contributed by atoms with van der Waals surface area (Å²) in [6.07, 6.45) is 8.09. The van der Waals surface area contributed by atoms with Crippen LogP contribution in [0.15, 0.2) is 0 Å². The molecule has 1 aliphatic heterocycles. The summed E-state index contributed by atoms with van der Waals surface area (Å²) in [6.45, 7) is 1.92. The molecule has 0 aromatic heterocycles.